The highest BCUT2D eigenvalue weighted by atomic mass is 35.5. The topological polar surface area (TPSA) is 40.6 Å². The van der Waals surface area contributed by atoms with Gasteiger partial charge in [0, 0.05) is 45.2 Å². The minimum Gasteiger partial charge on any atom is -0.371 e. The fourth-order valence-electron chi connectivity index (χ4n) is 3.25. The summed E-state index contributed by atoms with van der Waals surface area (Å²) in [6, 6.07) is 11.7. The molecule has 138 valence electrons. The van der Waals surface area contributed by atoms with Crippen molar-refractivity contribution in [1.82, 2.24) is 4.90 Å². The second kappa shape index (κ2) is 8.69. The largest absolute Gasteiger partial charge is 0.371 e. The van der Waals surface area contributed by atoms with Crippen LogP contribution in [0.4, 0.5) is 5.69 Å². The van der Waals surface area contributed by atoms with E-state index in [1.807, 2.05) is 12.1 Å². The van der Waals surface area contributed by atoms with Crippen molar-refractivity contribution < 1.29 is 9.59 Å². The molecule has 2 heterocycles. The van der Waals surface area contributed by atoms with Crippen molar-refractivity contribution in [3.8, 4) is 0 Å². The third kappa shape index (κ3) is 4.65. The van der Waals surface area contributed by atoms with Gasteiger partial charge in [0.25, 0.3) is 0 Å². The van der Waals surface area contributed by atoms with Gasteiger partial charge in [0.15, 0.2) is 5.78 Å². The van der Waals surface area contributed by atoms with Crippen molar-refractivity contribution in [3.05, 3.63) is 51.2 Å². The molecule has 0 atom stereocenters. The summed E-state index contributed by atoms with van der Waals surface area (Å²) in [6.45, 7) is 2.71. The van der Waals surface area contributed by atoms with Crippen molar-refractivity contribution >= 4 is 40.3 Å². The van der Waals surface area contributed by atoms with Gasteiger partial charge in [-0.25, -0.2) is 0 Å². The minimum absolute atomic E-state index is 0.0165. The summed E-state index contributed by atoms with van der Waals surface area (Å²) in [5, 5.41) is 0. The summed E-state index contributed by atoms with van der Waals surface area (Å²) >= 11 is 7.12. The van der Waals surface area contributed by atoms with Gasteiger partial charge in [-0.05, 0) is 36.6 Å². The molecular weight excluding hydrogens is 368 g/mol. The van der Waals surface area contributed by atoms with Crippen LogP contribution in [-0.4, -0.2) is 36.7 Å². The molecule has 0 saturated carbocycles. The fourth-order valence-corrected chi connectivity index (χ4v) is 4.26. The molecule has 1 saturated heterocycles. The van der Waals surface area contributed by atoms with Crippen molar-refractivity contribution in [3.63, 3.8) is 0 Å². The Morgan fingerprint density at radius 3 is 2.54 bits per heavy atom. The number of halogens is 1. The summed E-state index contributed by atoms with van der Waals surface area (Å²) in [5.41, 5.74) is 2.37. The van der Waals surface area contributed by atoms with E-state index in [4.69, 9.17) is 11.6 Å². The molecule has 1 aliphatic rings. The molecule has 1 amide bonds. The molecule has 3 rings (SSSR count). The lowest BCUT2D eigenvalue weighted by Crippen LogP contribution is -2.28. The number of hydrogen-bond donors (Lipinski definition) is 0. The van der Waals surface area contributed by atoms with Gasteiger partial charge in [0.05, 0.1) is 9.21 Å². The zero-order valence-corrected chi connectivity index (χ0v) is 16.5. The first-order valence-electron chi connectivity index (χ1n) is 8.90. The van der Waals surface area contributed by atoms with E-state index in [-0.39, 0.29) is 24.5 Å². The van der Waals surface area contributed by atoms with E-state index in [0.717, 1.165) is 18.7 Å². The molecule has 0 spiro atoms. The maximum atomic E-state index is 12.5. The van der Waals surface area contributed by atoms with E-state index in [9.17, 15) is 9.59 Å². The van der Waals surface area contributed by atoms with Crippen LogP contribution < -0.4 is 4.90 Å². The Bertz CT molecular complexity index is 784. The Morgan fingerprint density at radius 1 is 1.12 bits per heavy atom. The third-order valence-corrected chi connectivity index (χ3v) is 5.96. The van der Waals surface area contributed by atoms with E-state index in [1.54, 1.807) is 24.1 Å². The number of benzene rings is 1. The van der Waals surface area contributed by atoms with Gasteiger partial charge in [-0.1, -0.05) is 29.8 Å². The number of rotatable bonds is 7. The van der Waals surface area contributed by atoms with Gasteiger partial charge < -0.3 is 9.80 Å². The Balaban J connectivity index is 1.57. The quantitative estimate of drug-likeness (QED) is 0.647. The number of para-hydroxylation sites is 1. The fraction of sp³-hybridized carbons (Fsp3) is 0.400. The highest BCUT2D eigenvalue weighted by molar-refractivity contribution is 7.18. The highest BCUT2D eigenvalue weighted by Gasteiger charge is 2.18. The number of anilines is 1. The van der Waals surface area contributed by atoms with E-state index in [1.165, 1.54) is 29.9 Å². The van der Waals surface area contributed by atoms with Gasteiger partial charge in [0.2, 0.25) is 5.91 Å². The van der Waals surface area contributed by atoms with Gasteiger partial charge in [-0.2, -0.15) is 0 Å². The van der Waals surface area contributed by atoms with Crippen LogP contribution in [0.25, 0.3) is 0 Å². The molecule has 0 aliphatic carbocycles. The predicted octanol–water partition coefficient (Wildman–Crippen LogP) is 4.62. The Morgan fingerprint density at radius 2 is 1.85 bits per heavy atom. The van der Waals surface area contributed by atoms with Crippen LogP contribution >= 0.6 is 22.9 Å². The number of carbonyl (C=O) groups is 2. The summed E-state index contributed by atoms with van der Waals surface area (Å²) in [5.74, 6) is -0.0432. The zero-order chi connectivity index (χ0) is 18.5. The molecule has 1 aromatic carbocycles. The van der Waals surface area contributed by atoms with Crippen molar-refractivity contribution in [2.75, 3.05) is 25.0 Å². The molecule has 26 heavy (non-hydrogen) atoms. The predicted molar refractivity (Wildman–Crippen MR) is 107 cm³/mol. The number of ketones is 1. The number of hydrogen-bond acceptors (Lipinski definition) is 4. The number of carbonyl (C=O) groups excluding carboxylic acids is 2. The number of thiophene rings is 1. The number of Topliss-reactive ketones (excluding diaryl/α,β-unsaturated/α-hetero) is 1. The van der Waals surface area contributed by atoms with E-state index in [0.29, 0.717) is 15.8 Å². The summed E-state index contributed by atoms with van der Waals surface area (Å²) in [7, 11) is 1.80. The average molecular weight is 391 g/mol. The second-order valence-corrected chi connectivity index (χ2v) is 8.31. The smallest absolute Gasteiger partial charge is 0.223 e. The standard InChI is InChI=1S/C20H23ClN2O2S/c1-22(20(25)11-8-17(24)18-9-10-19(21)26-18)14-15-6-2-3-7-16(15)23-12-4-5-13-23/h2-3,6-7,9-10H,4-5,8,11-14H2,1H3. The van der Waals surface area contributed by atoms with E-state index >= 15 is 0 Å². The van der Waals surface area contributed by atoms with Crippen LogP contribution in [0.5, 0.6) is 0 Å². The molecular formula is C20H23ClN2O2S. The molecule has 0 radical (unpaired) electrons. The SMILES string of the molecule is CN(Cc1ccccc1N1CCCC1)C(=O)CCC(=O)c1ccc(Cl)s1. The van der Waals surface area contributed by atoms with Crippen LogP contribution in [-0.2, 0) is 11.3 Å². The average Bonchev–Trinajstić information content (AvgIpc) is 3.31. The monoisotopic (exact) mass is 390 g/mol. The number of nitrogens with zero attached hydrogens (tertiary/aromatic N) is 2. The Labute approximate surface area is 163 Å². The van der Waals surface area contributed by atoms with E-state index < -0.39 is 0 Å². The lowest BCUT2D eigenvalue weighted by Gasteiger charge is -2.24. The van der Waals surface area contributed by atoms with Crippen LogP contribution in [0.3, 0.4) is 0 Å². The Hall–Kier alpha value is -1.85. The van der Waals surface area contributed by atoms with Crippen molar-refractivity contribution in [1.29, 1.82) is 0 Å². The summed E-state index contributed by atoms with van der Waals surface area (Å²) in [6.07, 6.45) is 2.88. The van der Waals surface area contributed by atoms with Crippen LogP contribution in [0.1, 0.15) is 40.9 Å². The van der Waals surface area contributed by atoms with Gasteiger partial charge >= 0.3 is 0 Å². The molecule has 1 aromatic heterocycles. The van der Waals surface area contributed by atoms with Crippen molar-refractivity contribution in [2.24, 2.45) is 0 Å². The molecule has 0 unspecified atom stereocenters. The van der Waals surface area contributed by atoms with E-state index in [2.05, 4.69) is 17.0 Å². The molecule has 0 bridgehead atoms. The zero-order valence-electron chi connectivity index (χ0n) is 14.9. The van der Waals surface area contributed by atoms with Gasteiger partial charge in [-0.15, -0.1) is 11.3 Å². The third-order valence-electron chi connectivity index (χ3n) is 4.69. The van der Waals surface area contributed by atoms with Gasteiger partial charge in [-0.3, -0.25) is 9.59 Å². The highest BCUT2D eigenvalue weighted by Crippen LogP contribution is 2.26. The van der Waals surface area contributed by atoms with Gasteiger partial charge in [0.1, 0.15) is 0 Å². The maximum Gasteiger partial charge on any atom is 0.223 e. The molecule has 1 aliphatic heterocycles. The lowest BCUT2D eigenvalue weighted by molar-refractivity contribution is -0.130. The molecule has 6 heteroatoms. The first-order valence-corrected chi connectivity index (χ1v) is 10.1. The van der Waals surface area contributed by atoms with Crippen LogP contribution in [0.2, 0.25) is 4.34 Å². The molecule has 4 nitrogen and oxygen atoms in total. The van der Waals surface area contributed by atoms with Crippen molar-refractivity contribution in [2.45, 2.75) is 32.2 Å². The maximum absolute atomic E-state index is 12.5. The first kappa shape index (κ1) is 18.9. The molecule has 2 aromatic rings. The second-order valence-electron chi connectivity index (χ2n) is 6.60. The Kier molecular flexibility index (Phi) is 6.33. The normalized spacial score (nSPS) is 13.8. The van der Waals surface area contributed by atoms with Crippen LogP contribution in [0, 0.1) is 0 Å². The molecule has 1 fully saturated rings. The first-order chi connectivity index (χ1) is 12.5. The lowest BCUT2D eigenvalue weighted by atomic mass is 10.1. The van der Waals surface area contributed by atoms with Crippen LogP contribution in [0.15, 0.2) is 36.4 Å². The summed E-state index contributed by atoms with van der Waals surface area (Å²) in [4.78, 5) is 29.3. The number of amides is 1. The molecule has 0 N–H and O–H groups in total. The summed E-state index contributed by atoms with van der Waals surface area (Å²) < 4.78 is 0.593. The minimum atomic E-state index is -0.0267.